The van der Waals surface area contributed by atoms with Crippen LogP contribution in [0.1, 0.15) is 53.2 Å². The van der Waals surface area contributed by atoms with Gasteiger partial charge in [0.15, 0.2) is 0 Å². The number of esters is 2. The normalized spacial score (nSPS) is 21.3. The van der Waals surface area contributed by atoms with E-state index >= 15 is 0 Å². The number of carbonyl (C=O) groups excluding carboxylic acids is 2. The predicted molar refractivity (Wildman–Crippen MR) is 108 cm³/mol. The van der Waals surface area contributed by atoms with Crippen molar-refractivity contribution in [1.82, 2.24) is 0 Å². The lowest BCUT2D eigenvalue weighted by atomic mass is 9.78. The Bertz CT molecular complexity index is 823. The molecule has 0 amide bonds. The second-order valence-corrected chi connectivity index (χ2v) is 7.69. The maximum atomic E-state index is 13.0. The molecule has 1 fully saturated rings. The first-order chi connectivity index (χ1) is 13.4. The van der Waals surface area contributed by atoms with E-state index in [1.165, 1.54) is 5.56 Å². The Kier molecular flexibility index (Phi) is 6.18. The predicted octanol–water partition coefficient (Wildman–Crippen LogP) is 4.80. The summed E-state index contributed by atoms with van der Waals surface area (Å²) in [6.07, 6.45) is 2.18. The molecule has 2 atom stereocenters. The molecule has 4 heteroatoms. The number of hydrogen-bond donors (Lipinski definition) is 0. The summed E-state index contributed by atoms with van der Waals surface area (Å²) in [5.74, 6) is -0.653. The first-order valence-electron chi connectivity index (χ1n) is 9.95. The van der Waals surface area contributed by atoms with E-state index in [2.05, 4.69) is 0 Å². The Balaban J connectivity index is 1.86. The van der Waals surface area contributed by atoms with Crippen molar-refractivity contribution in [1.29, 1.82) is 0 Å². The van der Waals surface area contributed by atoms with Gasteiger partial charge in [-0.05, 0) is 64.2 Å². The first kappa shape index (κ1) is 20.1. The highest BCUT2D eigenvalue weighted by Gasteiger charge is 2.52. The summed E-state index contributed by atoms with van der Waals surface area (Å²) in [4.78, 5) is 25.7. The summed E-state index contributed by atoms with van der Waals surface area (Å²) in [6.45, 7) is 6.12. The standard InChI is InChI=1S/C24H28O4/c1-4-27-23(26)24(16-19-11-7-17(2)8-12-19)15-5-6-21(24)28-22(25)20-13-9-18(3)10-14-20/h7-14,21H,4-6,15-16H2,1-3H3. The molecule has 1 saturated carbocycles. The molecule has 0 bridgehead atoms. The molecular weight excluding hydrogens is 352 g/mol. The third-order valence-corrected chi connectivity index (χ3v) is 5.56. The van der Waals surface area contributed by atoms with Crippen LogP contribution in [-0.4, -0.2) is 24.6 Å². The molecule has 3 rings (SSSR count). The van der Waals surface area contributed by atoms with Gasteiger partial charge in [-0.15, -0.1) is 0 Å². The topological polar surface area (TPSA) is 52.6 Å². The molecule has 0 saturated heterocycles. The van der Waals surface area contributed by atoms with Gasteiger partial charge in [0.2, 0.25) is 0 Å². The fourth-order valence-corrected chi connectivity index (χ4v) is 3.95. The van der Waals surface area contributed by atoms with E-state index in [1.807, 2.05) is 50.2 Å². The third-order valence-electron chi connectivity index (χ3n) is 5.56. The number of ether oxygens (including phenoxy) is 2. The van der Waals surface area contributed by atoms with E-state index in [1.54, 1.807) is 19.1 Å². The lowest BCUT2D eigenvalue weighted by Gasteiger charge is -2.33. The molecule has 148 valence electrons. The average molecular weight is 380 g/mol. The quantitative estimate of drug-likeness (QED) is 0.675. The van der Waals surface area contributed by atoms with Gasteiger partial charge in [0, 0.05) is 0 Å². The molecule has 0 heterocycles. The smallest absolute Gasteiger partial charge is 0.338 e. The van der Waals surface area contributed by atoms with E-state index in [4.69, 9.17) is 9.47 Å². The molecule has 4 nitrogen and oxygen atoms in total. The van der Waals surface area contributed by atoms with Crippen molar-refractivity contribution in [2.45, 2.75) is 52.6 Å². The number of rotatable bonds is 6. The summed E-state index contributed by atoms with van der Waals surface area (Å²) in [6, 6.07) is 15.4. The molecule has 1 aliphatic carbocycles. The first-order valence-corrected chi connectivity index (χ1v) is 9.95. The molecule has 28 heavy (non-hydrogen) atoms. The van der Waals surface area contributed by atoms with Crippen LogP contribution in [-0.2, 0) is 20.7 Å². The monoisotopic (exact) mass is 380 g/mol. The van der Waals surface area contributed by atoms with Crippen LogP contribution >= 0.6 is 0 Å². The van der Waals surface area contributed by atoms with Gasteiger partial charge in [-0.1, -0.05) is 47.5 Å². The van der Waals surface area contributed by atoms with Crippen LogP contribution < -0.4 is 0 Å². The summed E-state index contributed by atoms with van der Waals surface area (Å²) in [5, 5.41) is 0. The summed E-state index contributed by atoms with van der Waals surface area (Å²) >= 11 is 0. The average Bonchev–Trinajstić information content (AvgIpc) is 3.07. The van der Waals surface area contributed by atoms with E-state index in [0.29, 0.717) is 31.4 Å². The van der Waals surface area contributed by atoms with Gasteiger partial charge in [0.05, 0.1) is 12.2 Å². The zero-order valence-corrected chi connectivity index (χ0v) is 16.9. The summed E-state index contributed by atoms with van der Waals surface area (Å²) in [5.41, 5.74) is 2.98. The lowest BCUT2D eigenvalue weighted by Crippen LogP contribution is -2.44. The van der Waals surface area contributed by atoms with Crippen molar-refractivity contribution in [3.8, 4) is 0 Å². The van der Waals surface area contributed by atoms with Crippen molar-refractivity contribution in [3.63, 3.8) is 0 Å². The lowest BCUT2D eigenvalue weighted by molar-refractivity contribution is -0.161. The maximum Gasteiger partial charge on any atom is 0.338 e. The number of carbonyl (C=O) groups is 2. The van der Waals surface area contributed by atoms with E-state index in [0.717, 1.165) is 17.5 Å². The van der Waals surface area contributed by atoms with Crippen LogP contribution in [0.3, 0.4) is 0 Å². The highest BCUT2D eigenvalue weighted by molar-refractivity contribution is 5.90. The molecule has 0 radical (unpaired) electrons. The fraction of sp³-hybridized carbons (Fsp3) is 0.417. The van der Waals surface area contributed by atoms with Crippen LogP contribution in [0, 0.1) is 19.3 Å². The molecule has 0 spiro atoms. The summed E-state index contributed by atoms with van der Waals surface area (Å²) in [7, 11) is 0. The van der Waals surface area contributed by atoms with Gasteiger partial charge >= 0.3 is 11.9 Å². The summed E-state index contributed by atoms with van der Waals surface area (Å²) < 4.78 is 11.3. The van der Waals surface area contributed by atoms with Gasteiger partial charge < -0.3 is 9.47 Å². The minimum atomic E-state index is -0.828. The molecule has 2 aromatic carbocycles. The molecule has 2 aromatic rings. The van der Waals surface area contributed by atoms with Crippen LogP contribution in [0.2, 0.25) is 0 Å². The Morgan fingerprint density at radius 2 is 1.61 bits per heavy atom. The maximum absolute atomic E-state index is 13.0. The van der Waals surface area contributed by atoms with Crippen LogP contribution in [0.25, 0.3) is 0 Å². The second-order valence-electron chi connectivity index (χ2n) is 7.69. The van der Waals surface area contributed by atoms with Gasteiger partial charge in [0.1, 0.15) is 11.5 Å². The Labute approximate surface area is 166 Å². The van der Waals surface area contributed by atoms with Crippen LogP contribution in [0.15, 0.2) is 48.5 Å². The number of aryl methyl sites for hydroxylation is 2. The van der Waals surface area contributed by atoms with E-state index < -0.39 is 11.5 Å². The fourth-order valence-electron chi connectivity index (χ4n) is 3.95. The SMILES string of the molecule is CCOC(=O)C1(Cc2ccc(C)cc2)CCCC1OC(=O)c1ccc(C)cc1. The Hall–Kier alpha value is -2.62. The van der Waals surface area contributed by atoms with E-state index in [-0.39, 0.29) is 11.9 Å². The highest BCUT2D eigenvalue weighted by Crippen LogP contribution is 2.44. The van der Waals surface area contributed by atoms with Crippen molar-refractivity contribution in [2.24, 2.45) is 5.41 Å². The second kappa shape index (κ2) is 8.59. The third kappa shape index (κ3) is 4.27. The van der Waals surface area contributed by atoms with Crippen molar-refractivity contribution < 1.29 is 19.1 Å². The zero-order valence-electron chi connectivity index (χ0n) is 16.9. The number of benzene rings is 2. The minimum Gasteiger partial charge on any atom is -0.465 e. The minimum absolute atomic E-state index is 0.269. The van der Waals surface area contributed by atoms with Crippen molar-refractivity contribution >= 4 is 11.9 Å². The Morgan fingerprint density at radius 1 is 1.00 bits per heavy atom. The number of hydrogen-bond acceptors (Lipinski definition) is 4. The largest absolute Gasteiger partial charge is 0.465 e. The van der Waals surface area contributed by atoms with Crippen molar-refractivity contribution in [3.05, 3.63) is 70.8 Å². The van der Waals surface area contributed by atoms with E-state index in [9.17, 15) is 9.59 Å². The zero-order chi connectivity index (χ0) is 20.1. The van der Waals surface area contributed by atoms with Gasteiger partial charge in [-0.3, -0.25) is 4.79 Å². The highest BCUT2D eigenvalue weighted by atomic mass is 16.6. The molecular formula is C24H28O4. The molecule has 0 aliphatic heterocycles. The van der Waals surface area contributed by atoms with Crippen LogP contribution in [0.4, 0.5) is 0 Å². The van der Waals surface area contributed by atoms with Gasteiger partial charge in [-0.2, -0.15) is 0 Å². The molecule has 0 N–H and O–H groups in total. The van der Waals surface area contributed by atoms with Crippen LogP contribution in [0.5, 0.6) is 0 Å². The van der Waals surface area contributed by atoms with Gasteiger partial charge in [0.25, 0.3) is 0 Å². The van der Waals surface area contributed by atoms with Crippen molar-refractivity contribution in [2.75, 3.05) is 6.61 Å². The van der Waals surface area contributed by atoms with Gasteiger partial charge in [-0.25, -0.2) is 4.79 Å². The molecule has 1 aliphatic rings. The molecule has 2 unspecified atom stereocenters. The molecule has 0 aromatic heterocycles. The Morgan fingerprint density at radius 3 is 2.21 bits per heavy atom.